The van der Waals surface area contributed by atoms with E-state index in [0.29, 0.717) is 19.6 Å². The maximum Gasteiger partial charge on any atom is 0.224 e. The van der Waals surface area contributed by atoms with Gasteiger partial charge in [-0.25, -0.2) is 4.98 Å². The van der Waals surface area contributed by atoms with Crippen molar-refractivity contribution in [1.29, 1.82) is 0 Å². The molecule has 2 rings (SSSR count). The van der Waals surface area contributed by atoms with E-state index in [9.17, 15) is 4.79 Å². The summed E-state index contributed by atoms with van der Waals surface area (Å²) < 4.78 is 5.39. The molecule has 1 aromatic heterocycles. The number of aromatic nitrogens is 1. The number of benzene rings is 1. The smallest absolute Gasteiger partial charge is 0.224 e. The summed E-state index contributed by atoms with van der Waals surface area (Å²) in [5, 5.41) is 5.99. The largest absolute Gasteiger partial charge is 0.492 e. The zero-order valence-electron chi connectivity index (χ0n) is 13.1. The Morgan fingerprint density at radius 3 is 2.70 bits per heavy atom. The fourth-order valence-electron chi connectivity index (χ4n) is 1.99. The Hall–Kier alpha value is -1.63. The first-order valence-corrected chi connectivity index (χ1v) is 8.19. The molecule has 1 heterocycles. The van der Waals surface area contributed by atoms with Crippen LogP contribution in [-0.4, -0.2) is 24.0 Å². The third-order valence-electron chi connectivity index (χ3n) is 3.03. The zero-order valence-corrected chi connectivity index (χ0v) is 14.7. The molecule has 0 aliphatic carbocycles. The fourth-order valence-corrected chi connectivity index (χ4v) is 2.63. The third-order valence-corrected chi connectivity index (χ3v) is 3.85. The molecule has 0 aliphatic heterocycles. The van der Waals surface area contributed by atoms with E-state index in [1.807, 2.05) is 36.6 Å². The molecule has 2 aromatic rings. The molecule has 0 aliphatic rings. The first-order valence-electron chi connectivity index (χ1n) is 7.31. The number of hydrogen-bond donors (Lipinski definition) is 2. The lowest BCUT2D eigenvalue weighted by molar-refractivity contribution is -0.116. The average molecular weight is 356 g/mol. The molecule has 23 heavy (non-hydrogen) atoms. The van der Waals surface area contributed by atoms with E-state index in [0.717, 1.165) is 35.0 Å². The van der Waals surface area contributed by atoms with Crippen molar-refractivity contribution in [3.05, 3.63) is 40.3 Å². The minimum atomic E-state index is 0. The lowest BCUT2D eigenvalue weighted by atomic mass is 10.2. The number of halogens is 1. The summed E-state index contributed by atoms with van der Waals surface area (Å²) in [6.07, 6.45) is 2.12. The number of hydrogen-bond acceptors (Lipinski definition) is 5. The molecule has 5 nitrogen and oxygen atoms in total. The van der Waals surface area contributed by atoms with Crippen LogP contribution < -0.4 is 15.8 Å². The Morgan fingerprint density at radius 1 is 1.35 bits per heavy atom. The molecule has 0 atom stereocenters. The van der Waals surface area contributed by atoms with Crippen molar-refractivity contribution < 1.29 is 9.53 Å². The van der Waals surface area contributed by atoms with E-state index in [4.69, 9.17) is 10.5 Å². The molecule has 1 amide bonds. The molecule has 0 saturated heterocycles. The molecule has 0 radical (unpaired) electrons. The van der Waals surface area contributed by atoms with Gasteiger partial charge >= 0.3 is 0 Å². The Morgan fingerprint density at radius 2 is 2.09 bits per heavy atom. The molecular weight excluding hydrogens is 334 g/mol. The van der Waals surface area contributed by atoms with Gasteiger partial charge in [-0.05, 0) is 44.0 Å². The van der Waals surface area contributed by atoms with Gasteiger partial charge in [0.05, 0.1) is 10.7 Å². The van der Waals surface area contributed by atoms with Crippen LogP contribution in [0.25, 0.3) is 0 Å². The Labute approximate surface area is 146 Å². The number of carbonyl (C=O) groups is 1. The summed E-state index contributed by atoms with van der Waals surface area (Å²) >= 11 is 1.64. The van der Waals surface area contributed by atoms with Gasteiger partial charge in [0.25, 0.3) is 0 Å². The van der Waals surface area contributed by atoms with E-state index in [1.54, 1.807) is 11.3 Å². The minimum absolute atomic E-state index is 0. The van der Waals surface area contributed by atoms with Crippen LogP contribution in [0.5, 0.6) is 5.75 Å². The summed E-state index contributed by atoms with van der Waals surface area (Å²) in [6, 6.07) is 7.30. The monoisotopic (exact) mass is 355 g/mol. The average Bonchev–Trinajstić information content (AvgIpc) is 2.92. The van der Waals surface area contributed by atoms with Crippen LogP contribution >= 0.6 is 23.7 Å². The molecule has 0 spiro atoms. The van der Waals surface area contributed by atoms with Gasteiger partial charge in [0.15, 0.2) is 0 Å². The fraction of sp³-hybridized carbons (Fsp3) is 0.375. The van der Waals surface area contributed by atoms with Gasteiger partial charge in [-0.2, -0.15) is 0 Å². The zero-order chi connectivity index (χ0) is 15.8. The van der Waals surface area contributed by atoms with Crippen LogP contribution in [-0.2, 0) is 11.2 Å². The number of nitrogens with one attached hydrogen (secondary N) is 1. The van der Waals surface area contributed by atoms with Gasteiger partial charge in [-0.15, -0.1) is 23.7 Å². The summed E-state index contributed by atoms with van der Waals surface area (Å²) in [5.74, 6) is 0.768. The Bertz CT molecular complexity index is 602. The third kappa shape index (κ3) is 6.99. The van der Waals surface area contributed by atoms with Crippen molar-refractivity contribution in [3.8, 4) is 5.75 Å². The first kappa shape index (κ1) is 19.4. The number of nitrogens with zero attached hydrogens (tertiary/aromatic N) is 1. The minimum Gasteiger partial charge on any atom is -0.492 e. The van der Waals surface area contributed by atoms with Crippen molar-refractivity contribution in [2.45, 2.75) is 26.2 Å². The van der Waals surface area contributed by atoms with Crippen molar-refractivity contribution in [3.63, 3.8) is 0 Å². The van der Waals surface area contributed by atoms with Crippen LogP contribution in [0.15, 0.2) is 29.6 Å². The van der Waals surface area contributed by atoms with Gasteiger partial charge in [0, 0.05) is 24.0 Å². The molecule has 0 bridgehead atoms. The Balaban J connectivity index is 0.00000264. The van der Waals surface area contributed by atoms with Crippen molar-refractivity contribution in [1.82, 2.24) is 4.98 Å². The summed E-state index contributed by atoms with van der Waals surface area (Å²) in [7, 11) is 0. The SMILES string of the molecule is Cc1nc(CCCC(=O)Nc2ccc(OCCN)cc2)cs1.Cl. The maximum atomic E-state index is 11.9. The topological polar surface area (TPSA) is 77.2 Å². The van der Waals surface area contributed by atoms with Crippen LogP contribution in [0.4, 0.5) is 5.69 Å². The molecule has 0 unspecified atom stereocenters. The van der Waals surface area contributed by atoms with E-state index >= 15 is 0 Å². The van der Waals surface area contributed by atoms with Crippen LogP contribution in [0, 0.1) is 6.92 Å². The van der Waals surface area contributed by atoms with Crippen LogP contribution in [0.3, 0.4) is 0 Å². The van der Waals surface area contributed by atoms with Gasteiger partial charge in [0.1, 0.15) is 12.4 Å². The maximum absolute atomic E-state index is 11.9. The molecule has 3 N–H and O–H groups in total. The summed E-state index contributed by atoms with van der Waals surface area (Å²) in [5.41, 5.74) is 7.22. The van der Waals surface area contributed by atoms with Gasteiger partial charge in [0.2, 0.25) is 5.91 Å². The first-order chi connectivity index (χ1) is 10.7. The predicted molar refractivity (Wildman–Crippen MR) is 96.7 cm³/mol. The van der Waals surface area contributed by atoms with Crippen LogP contribution in [0.1, 0.15) is 23.5 Å². The molecule has 0 saturated carbocycles. The van der Waals surface area contributed by atoms with Crippen LogP contribution in [0.2, 0.25) is 0 Å². The number of rotatable bonds is 8. The highest BCUT2D eigenvalue weighted by atomic mass is 35.5. The lowest BCUT2D eigenvalue weighted by Crippen LogP contribution is -2.12. The highest BCUT2D eigenvalue weighted by Gasteiger charge is 2.04. The van der Waals surface area contributed by atoms with E-state index in [2.05, 4.69) is 10.3 Å². The number of thiazole rings is 1. The number of aryl methyl sites for hydroxylation is 2. The quantitative estimate of drug-likeness (QED) is 0.762. The van der Waals surface area contributed by atoms with E-state index in [-0.39, 0.29) is 18.3 Å². The number of nitrogens with two attached hydrogens (primary N) is 1. The molecule has 126 valence electrons. The number of anilines is 1. The molecular formula is C16H22ClN3O2S. The second-order valence-electron chi connectivity index (χ2n) is 4.92. The van der Waals surface area contributed by atoms with Gasteiger partial charge < -0.3 is 15.8 Å². The second kappa shape index (κ2) is 10.2. The van der Waals surface area contributed by atoms with Crippen molar-refractivity contribution in [2.24, 2.45) is 5.73 Å². The van der Waals surface area contributed by atoms with E-state index in [1.165, 1.54) is 0 Å². The normalized spacial score (nSPS) is 10.0. The molecule has 7 heteroatoms. The second-order valence-corrected chi connectivity index (χ2v) is 5.98. The number of carbonyl (C=O) groups excluding carboxylic acids is 1. The van der Waals surface area contributed by atoms with Gasteiger partial charge in [-0.1, -0.05) is 0 Å². The lowest BCUT2D eigenvalue weighted by Gasteiger charge is -2.07. The van der Waals surface area contributed by atoms with Crippen molar-refractivity contribution >= 4 is 35.3 Å². The Kier molecular flexibility index (Phi) is 8.61. The predicted octanol–water partition coefficient (Wildman–Crippen LogP) is 3.17. The van der Waals surface area contributed by atoms with Crippen molar-refractivity contribution in [2.75, 3.05) is 18.5 Å². The standard InChI is InChI=1S/C16H21N3O2S.ClH/c1-12-18-14(11-22-12)3-2-4-16(20)19-13-5-7-15(8-6-13)21-10-9-17;/h5-8,11H,2-4,9-10,17H2,1H3,(H,19,20);1H. The summed E-state index contributed by atoms with van der Waals surface area (Å²) in [4.78, 5) is 16.3. The highest BCUT2D eigenvalue weighted by Crippen LogP contribution is 2.16. The highest BCUT2D eigenvalue weighted by molar-refractivity contribution is 7.09. The number of amides is 1. The summed E-state index contributed by atoms with van der Waals surface area (Å²) in [6.45, 7) is 2.96. The van der Waals surface area contributed by atoms with E-state index < -0.39 is 0 Å². The number of ether oxygens (including phenoxy) is 1. The van der Waals surface area contributed by atoms with Gasteiger partial charge in [-0.3, -0.25) is 4.79 Å². The molecule has 1 aromatic carbocycles. The molecule has 0 fully saturated rings.